The first-order valence-electron chi connectivity index (χ1n) is 9.17. The van der Waals surface area contributed by atoms with Crippen LogP contribution in [-0.2, 0) is 0 Å². The highest BCUT2D eigenvalue weighted by molar-refractivity contribution is 9.10. The third-order valence-corrected chi connectivity index (χ3v) is 6.00. The molecule has 164 valence electrons. The lowest BCUT2D eigenvalue weighted by atomic mass is 10.1. The molecular formula is C22H12BrN3O6S. The minimum Gasteiger partial charge on any atom is -0.500 e. The number of ether oxygens (including phenoxy) is 1. The quantitative estimate of drug-likeness (QED) is 0.159. The van der Waals surface area contributed by atoms with Gasteiger partial charge in [-0.2, -0.15) is 5.26 Å². The average Bonchev–Trinajstić information content (AvgIpc) is 3.27. The highest BCUT2D eigenvalue weighted by Gasteiger charge is 2.20. The smallest absolute Gasteiger partial charge is 0.345 e. The molecule has 0 amide bonds. The van der Waals surface area contributed by atoms with Crippen LogP contribution < -0.4 is 10.4 Å². The number of fused-ring (bicyclic) bond motifs is 1. The Labute approximate surface area is 198 Å². The number of nitro groups is 1. The molecule has 0 fully saturated rings. The number of hydrogen-bond donors (Lipinski definition) is 1. The van der Waals surface area contributed by atoms with Gasteiger partial charge in [-0.1, -0.05) is 15.9 Å². The van der Waals surface area contributed by atoms with E-state index >= 15 is 0 Å². The van der Waals surface area contributed by atoms with Gasteiger partial charge in [-0.25, -0.2) is 9.78 Å². The molecule has 2 aromatic carbocycles. The van der Waals surface area contributed by atoms with Gasteiger partial charge in [0.2, 0.25) is 5.75 Å². The van der Waals surface area contributed by atoms with Gasteiger partial charge < -0.3 is 14.3 Å². The number of allylic oxidation sites excluding steroid dienone is 1. The molecule has 0 aliphatic carbocycles. The lowest BCUT2D eigenvalue weighted by Gasteiger charge is -2.05. The summed E-state index contributed by atoms with van der Waals surface area (Å²) in [5.74, 6) is -0.711. The minimum absolute atomic E-state index is 0.104. The molecule has 4 rings (SSSR count). The second kappa shape index (κ2) is 8.85. The van der Waals surface area contributed by atoms with Crippen molar-refractivity contribution >= 4 is 55.6 Å². The van der Waals surface area contributed by atoms with E-state index in [1.54, 1.807) is 29.6 Å². The lowest BCUT2D eigenvalue weighted by molar-refractivity contribution is -0.386. The van der Waals surface area contributed by atoms with Crippen molar-refractivity contribution in [1.82, 2.24) is 4.98 Å². The van der Waals surface area contributed by atoms with Gasteiger partial charge in [0, 0.05) is 21.3 Å². The highest BCUT2D eigenvalue weighted by atomic mass is 79.9. The second-order valence-corrected chi connectivity index (χ2v) is 8.46. The maximum atomic E-state index is 12.5. The van der Waals surface area contributed by atoms with Crippen molar-refractivity contribution in [2.75, 3.05) is 7.11 Å². The van der Waals surface area contributed by atoms with E-state index in [0.717, 1.165) is 21.9 Å². The summed E-state index contributed by atoms with van der Waals surface area (Å²) in [5.41, 5.74) is 0.257. The Hall–Kier alpha value is -4.01. The number of nitriles is 1. The molecule has 4 aromatic rings. The van der Waals surface area contributed by atoms with E-state index in [4.69, 9.17) is 9.15 Å². The van der Waals surface area contributed by atoms with Crippen LogP contribution in [0.25, 0.3) is 33.9 Å². The third kappa shape index (κ3) is 4.34. The molecule has 2 aromatic heterocycles. The van der Waals surface area contributed by atoms with Gasteiger partial charge in [0.1, 0.15) is 16.7 Å². The summed E-state index contributed by atoms with van der Waals surface area (Å²) in [5, 5.41) is 33.4. The molecule has 0 radical (unpaired) electrons. The standard InChI is InChI=1S/C22H12BrN3O6S/c1-31-19-6-11(5-17(20(19)27)26(29)30)4-13(9-24)21-25-16(10-33-21)15-8-12-7-14(23)2-3-18(12)32-22(15)28/h2-8,10,27H,1H3/b13-4+. The van der Waals surface area contributed by atoms with E-state index in [0.29, 0.717) is 21.7 Å². The van der Waals surface area contributed by atoms with Gasteiger partial charge >= 0.3 is 11.3 Å². The molecule has 9 nitrogen and oxygen atoms in total. The number of nitro benzene ring substituents is 1. The SMILES string of the molecule is COc1cc(/C=C(\C#N)c2nc(-c3cc4cc(Br)ccc4oc3=O)cs2)cc([N+](=O)[O-])c1O. The van der Waals surface area contributed by atoms with Crippen molar-refractivity contribution in [1.29, 1.82) is 5.26 Å². The number of rotatable bonds is 5. The van der Waals surface area contributed by atoms with E-state index in [-0.39, 0.29) is 22.4 Å². The van der Waals surface area contributed by atoms with Crippen molar-refractivity contribution in [3.8, 4) is 28.8 Å². The van der Waals surface area contributed by atoms with Gasteiger partial charge in [-0.3, -0.25) is 10.1 Å². The predicted molar refractivity (Wildman–Crippen MR) is 126 cm³/mol. The summed E-state index contributed by atoms with van der Waals surface area (Å²) in [6.45, 7) is 0. The number of aromatic nitrogens is 1. The average molecular weight is 526 g/mol. The fraction of sp³-hybridized carbons (Fsp3) is 0.0455. The minimum atomic E-state index is -0.750. The van der Waals surface area contributed by atoms with Crippen molar-refractivity contribution in [2.45, 2.75) is 0 Å². The van der Waals surface area contributed by atoms with Crippen molar-refractivity contribution < 1.29 is 19.2 Å². The van der Waals surface area contributed by atoms with Crippen LogP contribution in [0.3, 0.4) is 0 Å². The van der Waals surface area contributed by atoms with Crippen LogP contribution in [0.15, 0.2) is 55.5 Å². The Morgan fingerprint density at radius 2 is 2.15 bits per heavy atom. The molecule has 0 bridgehead atoms. The Kier molecular flexibility index (Phi) is 5.95. The van der Waals surface area contributed by atoms with E-state index in [1.807, 2.05) is 6.07 Å². The van der Waals surface area contributed by atoms with Gasteiger partial charge in [-0.15, -0.1) is 11.3 Å². The number of phenolic OH excluding ortho intramolecular Hbond substituents is 1. The lowest BCUT2D eigenvalue weighted by Crippen LogP contribution is -2.03. The molecule has 0 spiro atoms. The molecule has 0 saturated heterocycles. The largest absolute Gasteiger partial charge is 0.500 e. The second-order valence-electron chi connectivity index (χ2n) is 6.69. The van der Waals surface area contributed by atoms with E-state index in [2.05, 4.69) is 20.9 Å². The zero-order chi connectivity index (χ0) is 23.7. The van der Waals surface area contributed by atoms with Gasteiger partial charge in [0.15, 0.2) is 5.75 Å². The van der Waals surface area contributed by atoms with Crippen LogP contribution in [0.1, 0.15) is 10.6 Å². The Balaban J connectivity index is 1.77. The molecule has 33 heavy (non-hydrogen) atoms. The first-order valence-corrected chi connectivity index (χ1v) is 10.8. The van der Waals surface area contributed by atoms with Crippen LogP contribution >= 0.6 is 27.3 Å². The number of phenols is 1. The number of halogens is 1. The molecule has 1 N–H and O–H groups in total. The molecular weight excluding hydrogens is 514 g/mol. The number of thiazole rings is 1. The van der Waals surface area contributed by atoms with Crippen LogP contribution in [0.4, 0.5) is 5.69 Å². The number of aromatic hydroxyl groups is 1. The van der Waals surface area contributed by atoms with Crippen molar-refractivity contribution in [2.24, 2.45) is 0 Å². The zero-order valence-electron chi connectivity index (χ0n) is 16.7. The zero-order valence-corrected chi connectivity index (χ0v) is 19.1. The molecule has 2 heterocycles. The molecule has 11 heteroatoms. The highest BCUT2D eigenvalue weighted by Crippen LogP contribution is 2.38. The normalized spacial score (nSPS) is 11.4. The fourth-order valence-corrected chi connectivity index (χ4v) is 4.26. The van der Waals surface area contributed by atoms with Crippen LogP contribution in [0, 0.1) is 21.4 Å². The first kappa shape index (κ1) is 22.2. The number of hydrogen-bond acceptors (Lipinski definition) is 9. The molecule has 0 atom stereocenters. The van der Waals surface area contributed by atoms with Crippen molar-refractivity contribution in [3.63, 3.8) is 0 Å². The number of nitrogens with zero attached hydrogens (tertiary/aromatic N) is 3. The maximum absolute atomic E-state index is 12.5. The van der Waals surface area contributed by atoms with Gasteiger partial charge in [-0.05, 0) is 42.0 Å². The summed E-state index contributed by atoms with van der Waals surface area (Å²) in [4.78, 5) is 27.3. The molecule has 0 saturated carbocycles. The Bertz CT molecular complexity index is 1550. The maximum Gasteiger partial charge on any atom is 0.345 e. The number of benzene rings is 2. The summed E-state index contributed by atoms with van der Waals surface area (Å²) in [6, 6.07) is 11.4. The summed E-state index contributed by atoms with van der Waals surface area (Å²) >= 11 is 4.51. The van der Waals surface area contributed by atoms with Crippen LogP contribution in [0.5, 0.6) is 11.5 Å². The Morgan fingerprint density at radius 3 is 2.85 bits per heavy atom. The van der Waals surface area contributed by atoms with E-state index in [9.17, 15) is 25.3 Å². The topological polar surface area (TPSA) is 139 Å². The monoisotopic (exact) mass is 525 g/mol. The molecule has 0 aliphatic rings. The summed E-state index contributed by atoms with van der Waals surface area (Å²) in [6.07, 6.45) is 1.39. The van der Waals surface area contributed by atoms with E-state index < -0.39 is 22.0 Å². The predicted octanol–water partition coefficient (Wildman–Crippen LogP) is 5.37. The molecule has 0 aliphatic heterocycles. The van der Waals surface area contributed by atoms with Gasteiger partial charge in [0.25, 0.3) is 0 Å². The third-order valence-electron chi connectivity index (χ3n) is 4.63. The Morgan fingerprint density at radius 1 is 1.36 bits per heavy atom. The first-order chi connectivity index (χ1) is 15.8. The summed E-state index contributed by atoms with van der Waals surface area (Å²) < 4.78 is 11.2. The fourth-order valence-electron chi connectivity index (χ4n) is 3.09. The van der Waals surface area contributed by atoms with Crippen molar-refractivity contribution in [3.05, 3.63) is 77.4 Å². The molecule has 0 unspecified atom stereocenters. The van der Waals surface area contributed by atoms with Crippen LogP contribution in [-0.4, -0.2) is 22.1 Å². The van der Waals surface area contributed by atoms with Crippen LogP contribution in [0.2, 0.25) is 0 Å². The number of methoxy groups -OCH3 is 1. The van der Waals surface area contributed by atoms with E-state index in [1.165, 1.54) is 19.3 Å². The summed E-state index contributed by atoms with van der Waals surface area (Å²) in [7, 11) is 1.26. The van der Waals surface area contributed by atoms with Gasteiger partial charge in [0.05, 0.1) is 28.9 Å².